The van der Waals surface area contributed by atoms with Gasteiger partial charge in [0.15, 0.2) is 0 Å². The Morgan fingerprint density at radius 2 is 2.04 bits per heavy atom. The van der Waals surface area contributed by atoms with E-state index in [-0.39, 0.29) is 12.6 Å². The van der Waals surface area contributed by atoms with Gasteiger partial charge in [-0.1, -0.05) is 6.07 Å². The van der Waals surface area contributed by atoms with E-state index in [2.05, 4.69) is 15.3 Å². The minimum Gasteiger partial charge on any atom is -0.374 e. The van der Waals surface area contributed by atoms with Crippen LogP contribution in [0.15, 0.2) is 36.8 Å². The number of aromatic nitrogens is 3. The van der Waals surface area contributed by atoms with Crippen LogP contribution in [0.1, 0.15) is 30.9 Å². The fourth-order valence-electron chi connectivity index (χ4n) is 2.62. The van der Waals surface area contributed by atoms with Gasteiger partial charge in [-0.15, -0.1) is 0 Å². The number of imidazole rings is 1. The van der Waals surface area contributed by atoms with E-state index in [1.165, 1.54) is 31.4 Å². The zero-order valence-electron chi connectivity index (χ0n) is 15.2. The number of carbonyl (C=O) groups is 1. The second kappa shape index (κ2) is 7.95. The van der Waals surface area contributed by atoms with Crippen LogP contribution in [0.2, 0.25) is 0 Å². The van der Waals surface area contributed by atoms with E-state index in [1.807, 2.05) is 0 Å². The number of pyridine rings is 1. The molecule has 7 nitrogen and oxygen atoms in total. The summed E-state index contributed by atoms with van der Waals surface area (Å²) in [6, 6.07) is 4.32. The summed E-state index contributed by atoms with van der Waals surface area (Å²) in [5, 5.41) is 12.6. The number of urea groups is 1. The van der Waals surface area contributed by atoms with Gasteiger partial charge in [-0.3, -0.25) is 4.98 Å². The number of aryl methyl sites for hydroxylation is 1. The van der Waals surface area contributed by atoms with Crippen LogP contribution < -0.4 is 5.32 Å². The third kappa shape index (κ3) is 4.38. The van der Waals surface area contributed by atoms with E-state index in [0.29, 0.717) is 5.69 Å². The lowest BCUT2D eigenvalue weighted by atomic mass is 9.97. The molecule has 2 unspecified atom stereocenters. The number of rotatable bonds is 6. The first-order valence-corrected chi connectivity index (χ1v) is 8.26. The molecule has 0 bridgehead atoms. The predicted octanol–water partition coefficient (Wildman–Crippen LogP) is 2.36. The Kier molecular flexibility index (Phi) is 6.09. The molecule has 0 aliphatic rings. The minimum atomic E-state index is -4.94. The van der Waals surface area contributed by atoms with Crippen LogP contribution in [0.4, 0.5) is 18.0 Å². The minimum absolute atomic E-state index is 0.373. The fraction of sp³-hybridized carbons (Fsp3) is 0.471. The average molecular weight is 385 g/mol. The van der Waals surface area contributed by atoms with E-state index >= 15 is 0 Å². The smallest absolute Gasteiger partial charge is 0.374 e. The van der Waals surface area contributed by atoms with Crippen molar-refractivity contribution in [3.05, 3.63) is 48.3 Å². The number of hydrogen-bond acceptors (Lipinski definition) is 4. The molecule has 0 radical (unpaired) electrons. The Hall–Kier alpha value is -2.62. The second-order valence-corrected chi connectivity index (χ2v) is 6.24. The van der Waals surface area contributed by atoms with Gasteiger partial charge in [-0.05, 0) is 19.1 Å². The maximum atomic E-state index is 13.4. The molecule has 0 aromatic carbocycles. The Balaban J connectivity index is 2.02. The van der Waals surface area contributed by atoms with E-state index in [1.54, 1.807) is 31.3 Å². The zero-order chi connectivity index (χ0) is 20.2. The molecule has 2 amide bonds. The van der Waals surface area contributed by atoms with Gasteiger partial charge in [-0.25, -0.2) is 9.78 Å². The molecule has 2 heterocycles. The van der Waals surface area contributed by atoms with Crippen LogP contribution in [-0.4, -0.2) is 50.3 Å². The van der Waals surface area contributed by atoms with Gasteiger partial charge in [0.1, 0.15) is 5.82 Å². The van der Waals surface area contributed by atoms with Crippen molar-refractivity contribution in [3.63, 3.8) is 0 Å². The molecule has 0 saturated carbocycles. The number of aliphatic hydroxyl groups is 1. The van der Waals surface area contributed by atoms with Crippen molar-refractivity contribution in [2.45, 2.75) is 31.2 Å². The molecule has 2 rings (SSSR count). The topological polar surface area (TPSA) is 83.3 Å². The van der Waals surface area contributed by atoms with Crippen molar-refractivity contribution in [1.82, 2.24) is 24.8 Å². The number of alkyl halides is 3. The quantitative estimate of drug-likeness (QED) is 0.800. The fourth-order valence-corrected chi connectivity index (χ4v) is 2.62. The molecule has 0 fully saturated rings. The predicted molar refractivity (Wildman–Crippen MR) is 91.6 cm³/mol. The highest BCUT2D eigenvalue weighted by atomic mass is 19.4. The summed E-state index contributed by atoms with van der Waals surface area (Å²) in [5.74, 6) is -0.528. The van der Waals surface area contributed by atoms with Gasteiger partial charge in [0.25, 0.3) is 0 Å². The van der Waals surface area contributed by atoms with Crippen molar-refractivity contribution in [3.8, 4) is 0 Å². The van der Waals surface area contributed by atoms with Gasteiger partial charge in [0.05, 0.1) is 11.7 Å². The normalized spacial score (nSPS) is 15.1. The molecule has 2 N–H and O–H groups in total. The number of nitrogens with one attached hydrogen (secondary N) is 1. The van der Waals surface area contributed by atoms with Crippen LogP contribution >= 0.6 is 0 Å². The van der Waals surface area contributed by atoms with Crippen molar-refractivity contribution in [2.24, 2.45) is 7.05 Å². The largest absolute Gasteiger partial charge is 0.424 e. The first-order chi connectivity index (χ1) is 12.6. The number of carbonyl (C=O) groups excluding carboxylic acids is 1. The highest BCUT2D eigenvalue weighted by Crippen LogP contribution is 2.40. The number of amides is 2. The molecule has 10 heteroatoms. The Morgan fingerprint density at radius 1 is 1.33 bits per heavy atom. The van der Waals surface area contributed by atoms with Crippen LogP contribution in [-0.2, 0) is 12.6 Å². The Morgan fingerprint density at radius 3 is 2.56 bits per heavy atom. The first-order valence-electron chi connectivity index (χ1n) is 8.26. The molecular weight excluding hydrogens is 363 g/mol. The Bertz CT molecular complexity index is 765. The lowest BCUT2D eigenvalue weighted by Crippen LogP contribution is -2.48. The van der Waals surface area contributed by atoms with Gasteiger partial charge < -0.3 is 19.9 Å². The highest BCUT2D eigenvalue weighted by molar-refractivity contribution is 5.74. The summed E-state index contributed by atoms with van der Waals surface area (Å²) in [4.78, 5) is 21.4. The second-order valence-electron chi connectivity index (χ2n) is 6.24. The number of nitrogens with zero attached hydrogens (tertiary/aromatic N) is 4. The molecule has 0 saturated heterocycles. The van der Waals surface area contributed by atoms with Crippen molar-refractivity contribution >= 4 is 6.03 Å². The maximum absolute atomic E-state index is 13.4. The summed E-state index contributed by atoms with van der Waals surface area (Å²) in [6.45, 7) is 1.36. The zero-order valence-corrected chi connectivity index (χ0v) is 15.2. The number of halogens is 3. The highest BCUT2D eigenvalue weighted by Gasteiger charge is 2.57. The molecule has 2 aromatic rings. The van der Waals surface area contributed by atoms with Crippen LogP contribution in [0, 0.1) is 0 Å². The Labute approximate surface area is 154 Å². The molecule has 0 aliphatic heterocycles. The summed E-state index contributed by atoms with van der Waals surface area (Å²) in [7, 11) is 2.88. The standard InChI is InChI=1S/C17H22F3N5O2/c1-12(13-6-4-5-8-21-13)25(3)15(26)23-9-7-16(27,17(18,19)20)14-22-10-11-24(14)2/h4-6,8,10-12,27H,7,9H2,1-3H3,(H,23,26). The average Bonchev–Trinajstić information content (AvgIpc) is 3.06. The summed E-state index contributed by atoms with van der Waals surface area (Å²) < 4.78 is 41.4. The molecule has 0 aliphatic carbocycles. The monoisotopic (exact) mass is 385 g/mol. The van der Waals surface area contributed by atoms with Gasteiger partial charge in [-0.2, -0.15) is 13.2 Å². The summed E-state index contributed by atoms with van der Waals surface area (Å²) in [6.07, 6.45) is -1.63. The van der Waals surface area contributed by atoms with Gasteiger partial charge in [0.2, 0.25) is 5.60 Å². The number of hydrogen-bond donors (Lipinski definition) is 2. The van der Waals surface area contributed by atoms with E-state index in [4.69, 9.17) is 0 Å². The lowest BCUT2D eigenvalue weighted by molar-refractivity contribution is -0.272. The van der Waals surface area contributed by atoms with Gasteiger partial charge in [0, 0.05) is 45.7 Å². The first kappa shape index (κ1) is 20.7. The van der Waals surface area contributed by atoms with Crippen LogP contribution in [0.5, 0.6) is 0 Å². The molecule has 2 atom stereocenters. The molecule has 0 spiro atoms. The van der Waals surface area contributed by atoms with Crippen LogP contribution in [0.3, 0.4) is 0 Å². The molecule has 148 valence electrons. The van der Waals surface area contributed by atoms with Gasteiger partial charge >= 0.3 is 12.2 Å². The van der Waals surface area contributed by atoms with Crippen molar-refractivity contribution in [1.29, 1.82) is 0 Å². The third-order valence-corrected chi connectivity index (χ3v) is 4.44. The van der Waals surface area contributed by atoms with E-state index in [9.17, 15) is 23.1 Å². The molecule has 2 aromatic heterocycles. The van der Waals surface area contributed by atoms with Crippen molar-refractivity contribution in [2.75, 3.05) is 13.6 Å². The van der Waals surface area contributed by atoms with E-state index in [0.717, 1.165) is 4.57 Å². The SMILES string of the molecule is CC(c1ccccn1)N(C)C(=O)NCCC(O)(c1nccn1C)C(F)(F)F. The lowest BCUT2D eigenvalue weighted by Gasteiger charge is -2.30. The molecular formula is C17H22F3N5O2. The third-order valence-electron chi connectivity index (χ3n) is 4.44. The van der Waals surface area contributed by atoms with E-state index < -0.39 is 30.1 Å². The summed E-state index contributed by atoms with van der Waals surface area (Å²) in [5.41, 5.74) is -2.51. The van der Waals surface area contributed by atoms with Crippen molar-refractivity contribution < 1.29 is 23.1 Å². The summed E-state index contributed by atoms with van der Waals surface area (Å²) >= 11 is 0. The maximum Gasteiger partial charge on any atom is 0.424 e. The van der Waals surface area contributed by atoms with Crippen LogP contribution in [0.25, 0.3) is 0 Å². The molecule has 27 heavy (non-hydrogen) atoms.